The molecule has 0 saturated carbocycles. The monoisotopic (exact) mass is 398 g/mol. The standard InChI is InChI=1S/C22H30N4O3/c1-3-15(4-2)11-26-13-22-7-6-17(29-22)18(19(22)21(26)28)20(27)24-8-5-9-25-14-23-10-16(25)12-24/h6-7,10,14-15,17-19H,3-5,8-9,11-13H2,1-2H3/t17-,18-,19+,22-/m0/s1. The largest absolute Gasteiger partial charge is 0.360 e. The first-order valence-corrected chi connectivity index (χ1v) is 11.0. The molecule has 1 aromatic heterocycles. The summed E-state index contributed by atoms with van der Waals surface area (Å²) in [5, 5.41) is 0. The van der Waals surface area contributed by atoms with Crippen LogP contribution in [0.5, 0.6) is 0 Å². The summed E-state index contributed by atoms with van der Waals surface area (Å²) in [7, 11) is 0. The number of nitrogens with zero attached hydrogens (tertiary/aromatic N) is 4. The van der Waals surface area contributed by atoms with Crippen LogP contribution >= 0.6 is 0 Å². The number of likely N-dealkylation sites (tertiary alicyclic amines) is 1. The summed E-state index contributed by atoms with van der Waals surface area (Å²) < 4.78 is 8.42. The highest BCUT2D eigenvalue weighted by atomic mass is 16.5. The molecule has 2 fully saturated rings. The van der Waals surface area contributed by atoms with Crippen LogP contribution in [-0.2, 0) is 27.4 Å². The Bertz CT molecular complexity index is 845. The van der Waals surface area contributed by atoms with Gasteiger partial charge in [-0.15, -0.1) is 0 Å². The lowest BCUT2D eigenvalue weighted by atomic mass is 9.76. The Kier molecular flexibility index (Phi) is 4.53. The number of carbonyl (C=O) groups excluding carboxylic acids is 2. The number of amides is 2. The van der Waals surface area contributed by atoms with Crippen molar-refractivity contribution >= 4 is 11.8 Å². The van der Waals surface area contributed by atoms with E-state index in [4.69, 9.17) is 4.74 Å². The number of fused-ring (bicyclic) bond motifs is 2. The molecule has 0 N–H and O–H groups in total. The quantitative estimate of drug-likeness (QED) is 0.710. The molecule has 5 rings (SSSR count). The molecule has 0 unspecified atom stereocenters. The summed E-state index contributed by atoms with van der Waals surface area (Å²) in [6, 6.07) is 0. The molecule has 7 nitrogen and oxygen atoms in total. The Morgan fingerprint density at radius 1 is 1.34 bits per heavy atom. The van der Waals surface area contributed by atoms with Crippen LogP contribution in [0.25, 0.3) is 0 Å². The van der Waals surface area contributed by atoms with Gasteiger partial charge in [0, 0.05) is 25.8 Å². The fourth-order valence-corrected chi connectivity index (χ4v) is 5.66. The SMILES string of the molecule is CCC(CC)CN1C[C@]23C=C[C@H](O2)[C@H](C(=O)N2CCCn4cncc4C2)[C@@H]3C1=O. The van der Waals surface area contributed by atoms with E-state index in [2.05, 4.69) is 29.5 Å². The third-order valence-electron chi connectivity index (χ3n) is 7.39. The van der Waals surface area contributed by atoms with Gasteiger partial charge in [-0.2, -0.15) is 0 Å². The Balaban J connectivity index is 1.38. The minimum Gasteiger partial charge on any atom is -0.360 e. The fraction of sp³-hybridized carbons (Fsp3) is 0.682. The molecule has 2 saturated heterocycles. The highest BCUT2D eigenvalue weighted by molar-refractivity contribution is 5.93. The highest BCUT2D eigenvalue weighted by Gasteiger charge is 2.67. The van der Waals surface area contributed by atoms with Crippen LogP contribution in [0.15, 0.2) is 24.7 Å². The molecule has 4 atom stereocenters. The number of rotatable bonds is 5. The molecule has 1 aromatic rings. The summed E-state index contributed by atoms with van der Waals surface area (Å²) in [5.41, 5.74) is 0.445. The van der Waals surface area contributed by atoms with Gasteiger partial charge in [-0.1, -0.05) is 38.8 Å². The second-order valence-electron chi connectivity index (χ2n) is 8.99. The molecule has 0 radical (unpaired) electrons. The van der Waals surface area contributed by atoms with Crippen molar-refractivity contribution < 1.29 is 14.3 Å². The lowest BCUT2D eigenvalue weighted by Crippen LogP contribution is -2.46. The van der Waals surface area contributed by atoms with E-state index in [1.807, 2.05) is 28.4 Å². The van der Waals surface area contributed by atoms with Crippen LogP contribution in [0.3, 0.4) is 0 Å². The molecule has 0 aromatic carbocycles. The predicted molar refractivity (Wildman–Crippen MR) is 107 cm³/mol. The van der Waals surface area contributed by atoms with Crippen molar-refractivity contribution in [3.8, 4) is 0 Å². The lowest BCUT2D eigenvalue weighted by molar-refractivity contribution is -0.143. The predicted octanol–water partition coefficient (Wildman–Crippen LogP) is 1.83. The van der Waals surface area contributed by atoms with Gasteiger partial charge >= 0.3 is 0 Å². The van der Waals surface area contributed by atoms with Gasteiger partial charge in [0.2, 0.25) is 11.8 Å². The molecule has 2 amide bonds. The zero-order chi connectivity index (χ0) is 20.2. The number of carbonyl (C=O) groups is 2. The van der Waals surface area contributed by atoms with Gasteiger partial charge < -0.3 is 19.1 Å². The molecule has 1 spiro atoms. The minimum absolute atomic E-state index is 0.0543. The maximum Gasteiger partial charge on any atom is 0.230 e. The number of hydrogen-bond donors (Lipinski definition) is 0. The van der Waals surface area contributed by atoms with Crippen LogP contribution in [0.4, 0.5) is 0 Å². The van der Waals surface area contributed by atoms with E-state index in [0.29, 0.717) is 25.6 Å². The maximum atomic E-state index is 13.6. The van der Waals surface area contributed by atoms with Crippen molar-refractivity contribution in [1.82, 2.24) is 19.4 Å². The molecular formula is C22H30N4O3. The van der Waals surface area contributed by atoms with E-state index in [1.54, 1.807) is 0 Å². The summed E-state index contributed by atoms with van der Waals surface area (Å²) in [6.07, 6.45) is 10.5. The zero-order valence-corrected chi connectivity index (χ0v) is 17.3. The topological polar surface area (TPSA) is 67.7 Å². The normalized spacial score (nSPS) is 32.8. The Morgan fingerprint density at radius 3 is 2.97 bits per heavy atom. The van der Waals surface area contributed by atoms with Crippen molar-refractivity contribution in [1.29, 1.82) is 0 Å². The molecule has 7 heteroatoms. The van der Waals surface area contributed by atoms with Crippen LogP contribution in [0, 0.1) is 17.8 Å². The number of hydrogen-bond acceptors (Lipinski definition) is 4. The van der Waals surface area contributed by atoms with Gasteiger partial charge in [-0.05, 0) is 12.3 Å². The van der Waals surface area contributed by atoms with Crippen molar-refractivity contribution in [2.24, 2.45) is 17.8 Å². The van der Waals surface area contributed by atoms with E-state index in [-0.39, 0.29) is 23.8 Å². The second kappa shape index (κ2) is 6.97. The Morgan fingerprint density at radius 2 is 2.17 bits per heavy atom. The average Bonchev–Trinajstić information content (AvgIpc) is 3.44. The maximum absolute atomic E-state index is 13.6. The molecule has 4 aliphatic rings. The molecule has 2 bridgehead atoms. The molecule has 4 aliphatic heterocycles. The van der Waals surface area contributed by atoms with E-state index in [0.717, 1.165) is 38.0 Å². The third-order valence-corrected chi connectivity index (χ3v) is 7.39. The van der Waals surface area contributed by atoms with Crippen LogP contribution in [0.1, 0.15) is 38.8 Å². The first-order valence-electron chi connectivity index (χ1n) is 11.0. The third kappa shape index (κ3) is 2.85. The van der Waals surface area contributed by atoms with Gasteiger partial charge in [-0.25, -0.2) is 4.98 Å². The van der Waals surface area contributed by atoms with Crippen molar-refractivity contribution in [3.63, 3.8) is 0 Å². The smallest absolute Gasteiger partial charge is 0.230 e. The van der Waals surface area contributed by atoms with Crippen LogP contribution in [-0.4, -0.2) is 62.5 Å². The summed E-state index contributed by atoms with van der Waals surface area (Å²) in [4.78, 5) is 35.1. The van der Waals surface area contributed by atoms with Crippen molar-refractivity contribution in [2.45, 2.75) is 57.9 Å². The lowest BCUT2D eigenvalue weighted by Gasteiger charge is -2.29. The summed E-state index contributed by atoms with van der Waals surface area (Å²) >= 11 is 0. The van der Waals surface area contributed by atoms with E-state index in [9.17, 15) is 9.59 Å². The summed E-state index contributed by atoms with van der Waals surface area (Å²) in [6.45, 7) is 7.82. The van der Waals surface area contributed by atoms with E-state index < -0.39 is 11.5 Å². The molecule has 29 heavy (non-hydrogen) atoms. The Labute approximate surface area is 171 Å². The van der Waals surface area contributed by atoms with Gasteiger partial charge in [-0.3, -0.25) is 9.59 Å². The average molecular weight is 399 g/mol. The molecule has 0 aliphatic carbocycles. The Hall–Kier alpha value is -2.15. The molecular weight excluding hydrogens is 368 g/mol. The van der Waals surface area contributed by atoms with Crippen LogP contribution < -0.4 is 0 Å². The fourth-order valence-electron chi connectivity index (χ4n) is 5.66. The first-order chi connectivity index (χ1) is 14.1. The van der Waals surface area contributed by atoms with Crippen molar-refractivity contribution in [3.05, 3.63) is 30.4 Å². The number of ether oxygens (including phenoxy) is 1. The number of aromatic nitrogens is 2. The van der Waals surface area contributed by atoms with Crippen molar-refractivity contribution in [2.75, 3.05) is 19.6 Å². The van der Waals surface area contributed by atoms with Gasteiger partial charge in [0.25, 0.3) is 0 Å². The first kappa shape index (κ1) is 18.9. The van der Waals surface area contributed by atoms with Gasteiger partial charge in [0.1, 0.15) is 5.60 Å². The van der Waals surface area contributed by atoms with E-state index in [1.165, 1.54) is 0 Å². The molecule has 156 valence electrons. The van der Waals surface area contributed by atoms with Gasteiger partial charge in [0.05, 0.1) is 43.1 Å². The van der Waals surface area contributed by atoms with E-state index >= 15 is 0 Å². The zero-order valence-electron chi connectivity index (χ0n) is 17.3. The highest BCUT2D eigenvalue weighted by Crippen LogP contribution is 2.52. The van der Waals surface area contributed by atoms with Crippen LogP contribution in [0.2, 0.25) is 0 Å². The second-order valence-corrected chi connectivity index (χ2v) is 8.99. The molecule has 5 heterocycles. The van der Waals surface area contributed by atoms with Gasteiger partial charge in [0.15, 0.2) is 0 Å². The minimum atomic E-state index is -0.609. The number of imidazole rings is 1. The summed E-state index contributed by atoms with van der Waals surface area (Å²) in [5.74, 6) is -0.142. The number of aryl methyl sites for hydroxylation is 1.